The van der Waals surface area contributed by atoms with E-state index in [9.17, 15) is 4.79 Å². The fourth-order valence-corrected chi connectivity index (χ4v) is 1.34. The van der Waals surface area contributed by atoms with E-state index in [0.29, 0.717) is 11.3 Å². The Morgan fingerprint density at radius 2 is 2.00 bits per heavy atom. The molecule has 0 saturated carbocycles. The lowest BCUT2D eigenvalue weighted by Crippen LogP contribution is -2.15. The van der Waals surface area contributed by atoms with Crippen LogP contribution in [-0.4, -0.2) is 9.55 Å². The van der Waals surface area contributed by atoms with Crippen LogP contribution in [0.15, 0.2) is 41.5 Å². The standard InChI is InChI=1S/C12H9N3O/c1-15-8-14-11(6-12(15)16)10-4-2-9(7-13)3-5-10/h2-6,8H,1H3. The van der Waals surface area contributed by atoms with Gasteiger partial charge in [-0.2, -0.15) is 5.26 Å². The predicted octanol–water partition coefficient (Wildman–Crippen LogP) is 1.32. The van der Waals surface area contributed by atoms with Gasteiger partial charge >= 0.3 is 0 Å². The zero-order valence-electron chi connectivity index (χ0n) is 8.71. The van der Waals surface area contributed by atoms with Gasteiger partial charge < -0.3 is 4.57 Å². The molecule has 0 bridgehead atoms. The summed E-state index contributed by atoms with van der Waals surface area (Å²) >= 11 is 0. The molecule has 0 unspecified atom stereocenters. The predicted molar refractivity (Wildman–Crippen MR) is 59.6 cm³/mol. The quantitative estimate of drug-likeness (QED) is 0.714. The van der Waals surface area contributed by atoms with Crippen LogP contribution in [-0.2, 0) is 7.05 Å². The molecule has 0 fully saturated rings. The maximum absolute atomic E-state index is 11.4. The molecule has 4 nitrogen and oxygen atoms in total. The van der Waals surface area contributed by atoms with Crippen molar-refractivity contribution in [3.63, 3.8) is 0 Å². The van der Waals surface area contributed by atoms with E-state index in [1.165, 1.54) is 17.0 Å². The van der Waals surface area contributed by atoms with E-state index < -0.39 is 0 Å². The summed E-state index contributed by atoms with van der Waals surface area (Å²) in [4.78, 5) is 15.6. The number of rotatable bonds is 1. The molecular weight excluding hydrogens is 202 g/mol. The zero-order chi connectivity index (χ0) is 11.5. The number of nitriles is 1. The third-order valence-electron chi connectivity index (χ3n) is 2.29. The fourth-order valence-electron chi connectivity index (χ4n) is 1.34. The van der Waals surface area contributed by atoms with Crippen molar-refractivity contribution in [2.24, 2.45) is 7.05 Å². The Morgan fingerprint density at radius 3 is 2.56 bits per heavy atom. The molecule has 78 valence electrons. The van der Waals surface area contributed by atoms with E-state index in [1.807, 2.05) is 6.07 Å². The molecule has 1 aromatic heterocycles. The van der Waals surface area contributed by atoms with Crippen molar-refractivity contribution >= 4 is 0 Å². The third-order valence-corrected chi connectivity index (χ3v) is 2.29. The molecule has 1 heterocycles. The summed E-state index contributed by atoms with van der Waals surface area (Å²) in [6, 6.07) is 10.5. The monoisotopic (exact) mass is 211 g/mol. The van der Waals surface area contributed by atoms with Gasteiger partial charge in [0.2, 0.25) is 0 Å². The molecule has 0 N–H and O–H groups in total. The summed E-state index contributed by atoms with van der Waals surface area (Å²) in [5, 5.41) is 8.66. The van der Waals surface area contributed by atoms with Crippen LogP contribution in [0.2, 0.25) is 0 Å². The van der Waals surface area contributed by atoms with Gasteiger partial charge in [0.15, 0.2) is 0 Å². The molecule has 0 aliphatic rings. The van der Waals surface area contributed by atoms with Gasteiger partial charge in [-0.15, -0.1) is 0 Å². The molecule has 0 spiro atoms. The van der Waals surface area contributed by atoms with E-state index in [2.05, 4.69) is 4.98 Å². The van der Waals surface area contributed by atoms with Crippen molar-refractivity contribution in [2.75, 3.05) is 0 Å². The van der Waals surface area contributed by atoms with E-state index in [1.54, 1.807) is 31.3 Å². The number of hydrogen-bond acceptors (Lipinski definition) is 3. The lowest BCUT2D eigenvalue weighted by molar-refractivity contribution is 0.826. The van der Waals surface area contributed by atoms with Crippen molar-refractivity contribution in [3.8, 4) is 17.3 Å². The Morgan fingerprint density at radius 1 is 1.31 bits per heavy atom. The van der Waals surface area contributed by atoms with Crippen molar-refractivity contribution in [1.29, 1.82) is 5.26 Å². The van der Waals surface area contributed by atoms with Crippen molar-refractivity contribution in [3.05, 3.63) is 52.6 Å². The van der Waals surface area contributed by atoms with Gasteiger partial charge in [-0.25, -0.2) is 4.98 Å². The van der Waals surface area contributed by atoms with Gasteiger partial charge in [-0.05, 0) is 12.1 Å². The molecule has 0 aliphatic carbocycles. The average Bonchev–Trinajstić information content (AvgIpc) is 2.33. The van der Waals surface area contributed by atoms with Crippen LogP contribution in [0.3, 0.4) is 0 Å². The maximum atomic E-state index is 11.4. The first-order valence-corrected chi connectivity index (χ1v) is 4.74. The van der Waals surface area contributed by atoms with Crippen LogP contribution in [0.1, 0.15) is 5.56 Å². The topological polar surface area (TPSA) is 58.7 Å². The second-order valence-electron chi connectivity index (χ2n) is 3.41. The highest BCUT2D eigenvalue weighted by molar-refractivity contribution is 5.59. The van der Waals surface area contributed by atoms with E-state index in [4.69, 9.17) is 5.26 Å². The van der Waals surface area contributed by atoms with Crippen LogP contribution in [0, 0.1) is 11.3 Å². The molecule has 0 amide bonds. The van der Waals surface area contributed by atoms with Gasteiger partial charge in [0, 0.05) is 18.7 Å². The van der Waals surface area contributed by atoms with Crippen molar-refractivity contribution < 1.29 is 0 Å². The van der Waals surface area contributed by atoms with Gasteiger partial charge in [0.1, 0.15) is 0 Å². The molecule has 0 saturated heterocycles. The Balaban J connectivity index is 2.47. The van der Waals surface area contributed by atoms with Crippen LogP contribution in [0.5, 0.6) is 0 Å². The third kappa shape index (κ3) is 1.84. The second kappa shape index (κ2) is 3.99. The number of aromatic nitrogens is 2. The smallest absolute Gasteiger partial charge is 0.253 e. The van der Waals surface area contributed by atoms with E-state index in [0.717, 1.165) is 5.56 Å². The summed E-state index contributed by atoms with van der Waals surface area (Å²) in [5.74, 6) is 0. The Hall–Kier alpha value is -2.41. The first kappa shape index (κ1) is 10.1. The molecule has 0 aliphatic heterocycles. The maximum Gasteiger partial charge on any atom is 0.253 e. The van der Waals surface area contributed by atoms with Gasteiger partial charge in [-0.3, -0.25) is 4.79 Å². The number of nitrogens with zero attached hydrogens (tertiary/aromatic N) is 3. The Labute approximate surface area is 92.4 Å². The summed E-state index contributed by atoms with van der Waals surface area (Å²) < 4.78 is 1.41. The Kier molecular flexibility index (Phi) is 2.52. The van der Waals surface area contributed by atoms with Crippen molar-refractivity contribution in [1.82, 2.24) is 9.55 Å². The second-order valence-corrected chi connectivity index (χ2v) is 3.41. The number of benzene rings is 1. The van der Waals surface area contributed by atoms with Gasteiger partial charge in [0.05, 0.1) is 23.7 Å². The normalized spacial score (nSPS) is 9.75. The minimum Gasteiger partial charge on any atom is -0.302 e. The highest BCUT2D eigenvalue weighted by Crippen LogP contribution is 2.15. The summed E-state index contributed by atoms with van der Waals surface area (Å²) in [5.41, 5.74) is 1.94. The van der Waals surface area contributed by atoms with Crippen LogP contribution in [0.25, 0.3) is 11.3 Å². The zero-order valence-corrected chi connectivity index (χ0v) is 8.71. The van der Waals surface area contributed by atoms with Gasteiger partial charge in [-0.1, -0.05) is 12.1 Å². The highest BCUT2D eigenvalue weighted by Gasteiger charge is 2.01. The molecule has 0 radical (unpaired) electrons. The summed E-state index contributed by atoms with van der Waals surface area (Å²) in [6.07, 6.45) is 1.48. The SMILES string of the molecule is Cn1cnc(-c2ccc(C#N)cc2)cc1=O. The molecule has 2 rings (SSSR count). The van der Waals surface area contributed by atoms with Crippen LogP contribution >= 0.6 is 0 Å². The summed E-state index contributed by atoms with van der Waals surface area (Å²) in [7, 11) is 1.65. The lowest BCUT2D eigenvalue weighted by atomic mass is 10.1. The number of aryl methyl sites for hydroxylation is 1. The molecule has 1 aromatic carbocycles. The molecule has 2 aromatic rings. The van der Waals surface area contributed by atoms with E-state index in [-0.39, 0.29) is 5.56 Å². The largest absolute Gasteiger partial charge is 0.302 e. The minimum absolute atomic E-state index is 0.102. The first-order chi connectivity index (χ1) is 7.70. The molecule has 4 heteroatoms. The van der Waals surface area contributed by atoms with E-state index >= 15 is 0 Å². The molecule has 0 atom stereocenters. The highest BCUT2D eigenvalue weighted by atomic mass is 16.1. The van der Waals surface area contributed by atoms with Gasteiger partial charge in [0.25, 0.3) is 5.56 Å². The van der Waals surface area contributed by atoms with Crippen LogP contribution < -0.4 is 5.56 Å². The number of hydrogen-bond donors (Lipinski definition) is 0. The molecule has 16 heavy (non-hydrogen) atoms. The average molecular weight is 211 g/mol. The Bertz CT molecular complexity index is 605. The lowest BCUT2D eigenvalue weighted by Gasteiger charge is -2.01. The van der Waals surface area contributed by atoms with Crippen LogP contribution in [0.4, 0.5) is 0 Å². The minimum atomic E-state index is -0.102. The first-order valence-electron chi connectivity index (χ1n) is 4.74. The summed E-state index contributed by atoms with van der Waals surface area (Å²) in [6.45, 7) is 0. The fraction of sp³-hybridized carbons (Fsp3) is 0.0833. The van der Waals surface area contributed by atoms with Crippen molar-refractivity contribution in [2.45, 2.75) is 0 Å². The molecular formula is C12H9N3O.